The van der Waals surface area contributed by atoms with Crippen molar-refractivity contribution in [2.45, 2.75) is 6.92 Å². The van der Waals surface area contributed by atoms with E-state index in [0.717, 1.165) is 0 Å². The van der Waals surface area contributed by atoms with Crippen LogP contribution in [0.1, 0.15) is 17.3 Å². The molecule has 1 amide bonds. The summed E-state index contributed by atoms with van der Waals surface area (Å²) in [5.41, 5.74) is 6.11. The summed E-state index contributed by atoms with van der Waals surface area (Å²) in [7, 11) is 0. The molecule has 5 nitrogen and oxygen atoms in total. The number of amides is 1. The molecule has 7 heteroatoms. The number of benzene rings is 1. The number of pyridine rings is 1. The number of halogens is 2. The molecule has 0 aliphatic heterocycles. The topological polar surface area (TPSA) is 77.2 Å². The van der Waals surface area contributed by atoms with Crippen molar-refractivity contribution in [2.24, 2.45) is 11.7 Å². The SMILES string of the molecule is CC(CN)CNC(=O)c1ccc(Oc2cccnc2)cc1.Cl.Cl. The molecule has 0 fully saturated rings. The van der Waals surface area contributed by atoms with Crippen LogP contribution in [0.25, 0.3) is 0 Å². The van der Waals surface area contributed by atoms with Gasteiger partial charge < -0.3 is 15.8 Å². The predicted molar refractivity (Wildman–Crippen MR) is 95.8 cm³/mol. The first-order chi connectivity index (χ1) is 10.2. The number of aromatic nitrogens is 1. The van der Waals surface area contributed by atoms with Gasteiger partial charge in [0.05, 0.1) is 6.20 Å². The van der Waals surface area contributed by atoms with Crippen LogP contribution in [0.5, 0.6) is 11.5 Å². The Hall–Kier alpha value is -1.82. The molecule has 0 spiro atoms. The fourth-order valence-electron chi connectivity index (χ4n) is 1.67. The molecule has 0 bridgehead atoms. The molecule has 0 saturated heterocycles. The summed E-state index contributed by atoms with van der Waals surface area (Å²) in [4.78, 5) is 15.9. The van der Waals surface area contributed by atoms with E-state index < -0.39 is 0 Å². The summed E-state index contributed by atoms with van der Waals surface area (Å²) in [5.74, 6) is 1.48. The number of nitrogens with two attached hydrogens (primary N) is 1. The largest absolute Gasteiger partial charge is 0.456 e. The first kappa shape index (κ1) is 21.2. The highest BCUT2D eigenvalue weighted by molar-refractivity contribution is 5.94. The Morgan fingerprint density at radius 2 is 1.91 bits per heavy atom. The Morgan fingerprint density at radius 1 is 1.22 bits per heavy atom. The van der Waals surface area contributed by atoms with Gasteiger partial charge in [-0.3, -0.25) is 9.78 Å². The molecule has 126 valence electrons. The lowest BCUT2D eigenvalue weighted by Gasteiger charge is -2.10. The van der Waals surface area contributed by atoms with Crippen LogP contribution in [0.3, 0.4) is 0 Å². The Labute approximate surface area is 148 Å². The Balaban J connectivity index is 0.00000242. The van der Waals surface area contributed by atoms with Crippen LogP contribution < -0.4 is 15.8 Å². The second-order valence-corrected chi connectivity index (χ2v) is 4.87. The fourth-order valence-corrected chi connectivity index (χ4v) is 1.67. The fraction of sp³-hybridized carbons (Fsp3) is 0.250. The molecule has 1 atom stereocenters. The van der Waals surface area contributed by atoms with Gasteiger partial charge in [-0.05, 0) is 48.9 Å². The Morgan fingerprint density at radius 3 is 2.48 bits per heavy atom. The summed E-state index contributed by atoms with van der Waals surface area (Å²) in [5, 5.41) is 2.85. The molecule has 2 rings (SSSR count). The predicted octanol–water partition coefficient (Wildman–Crippen LogP) is 3.04. The summed E-state index contributed by atoms with van der Waals surface area (Å²) in [6.45, 7) is 3.12. The van der Waals surface area contributed by atoms with Crippen LogP contribution in [0.2, 0.25) is 0 Å². The van der Waals surface area contributed by atoms with Crippen LogP contribution in [-0.2, 0) is 0 Å². The average molecular weight is 358 g/mol. The maximum Gasteiger partial charge on any atom is 0.251 e. The molecule has 2 aromatic rings. The molecule has 0 aliphatic carbocycles. The second-order valence-electron chi connectivity index (χ2n) is 4.87. The van der Waals surface area contributed by atoms with E-state index in [2.05, 4.69) is 10.3 Å². The molecular weight excluding hydrogens is 337 g/mol. The lowest BCUT2D eigenvalue weighted by molar-refractivity contribution is 0.0948. The number of nitrogens with one attached hydrogen (secondary N) is 1. The monoisotopic (exact) mass is 357 g/mol. The third kappa shape index (κ3) is 6.86. The zero-order valence-electron chi connectivity index (χ0n) is 12.8. The molecule has 23 heavy (non-hydrogen) atoms. The number of hydrogen-bond donors (Lipinski definition) is 2. The normalized spacial score (nSPS) is 10.7. The highest BCUT2D eigenvalue weighted by Crippen LogP contribution is 2.20. The lowest BCUT2D eigenvalue weighted by Crippen LogP contribution is -2.31. The van der Waals surface area contributed by atoms with Crippen molar-refractivity contribution in [3.8, 4) is 11.5 Å². The molecule has 1 heterocycles. The molecule has 0 radical (unpaired) electrons. The zero-order chi connectivity index (χ0) is 15.1. The van der Waals surface area contributed by atoms with Gasteiger partial charge in [-0.15, -0.1) is 24.8 Å². The van der Waals surface area contributed by atoms with Crippen molar-refractivity contribution >= 4 is 30.7 Å². The van der Waals surface area contributed by atoms with E-state index in [1.54, 1.807) is 42.7 Å². The third-order valence-corrected chi connectivity index (χ3v) is 3.00. The summed E-state index contributed by atoms with van der Waals surface area (Å²) < 4.78 is 5.62. The van der Waals surface area contributed by atoms with Crippen molar-refractivity contribution in [3.05, 3.63) is 54.4 Å². The van der Waals surface area contributed by atoms with E-state index >= 15 is 0 Å². The molecule has 0 saturated carbocycles. The third-order valence-electron chi connectivity index (χ3n) is 3.00. The van der Waals surface area contributed by atoms with Crippen molar-refractivity contribution in [1.82, 2.24) is 10.3 Å². The molecule has 3 N–H and O–H groups in total. The number of carbonyl (C=O) groups excluding carboxylic acids is 1. The lowest BCUT2D eigenvalue weighted by atomic mass is 10.1. The van der Waals surface area contributed by atoms with E-state index in [1.165, 1.54) is 0 Å². The number of ether oxygens (including phenoxy) is 1. The molecule has 1 aromatic heterocycles. The van der Waals surface area contributed by atoms with Gasteiger partial charge in [0.1, 0.15) is 11.5 Å². The van der Waals surface area contributed by atoms with Gasteiger partial charge in [-0.25, -0.2) is 0 Å². The number of nitrogens with zero attached hydrogens (tertiary/aromatic N) is 1. The van der Waals surface area contributed by atoms with Crippen LogP contribution in [-0.4, -0.2) is 24.0 Å². The quantitative estimate of drug-likeness (QED) is 0.832. The highest BCUT2D eigenvalue weighted by Gasteiger charge is 2.07. The van der Waals surface area contributed by atoms with Crippen LogP contribution in [0, 0.1) is 5.92 Å². The van der Waals surface area contributed by atoms with Crippen molar-refractivity contribution in [2.75, 3.05) is 13.1 Å². The summed E-state index contributed by atoms with van der Waals surface area (Å²) in [6.07, 6.45) is 3.32. The van der Waals surface area contributed by atoms with Gasteiger partial charge in [-0.2, -0.15) is 0 Å². The minimum atomic E-state index is -0.108. The van der Waals surface area contributed by atoms with E-state index in [1.807, 2.05) is 13.0 Å². The highest BCUT2D eigenvalue weighted by atomic mass is 35.5. The second kappa shape index (κ2) is 10.8. The number of hydrogen-bond acceptors (Lipinski definition) is 4. The molecule has 0 aliphatic rings. The van der Waals surface area contributed by atoms with Gasteiger partial charge in [-0.1, -0.05) is 6.92 Å². The average Bonchev–Trinajstić information content (AvgIpc) is 2.54. The van der Waals surface area contributed by atoms with E-state index in [-0.39, 0.29) is 36.6 Å². The van der Waals surface area contributed by atoms with Gasteiger partial charge >= 0.3 is 0 Å². The molecular formula is C16H21Cl2N3O2. The number of rotatable bonds is 6. The van der Waals surface area contributed by atoms with Gasteiger partial charge in [0.15, 0.2) is 0 Å². The maximum atomic E-state index is 11.9. The van der Waals surface area contributed by atoms with Crippen molar-refractivity contribution in [1.29, 1.82) is 0 Å². The maximum absolute atomic E-state index is 11.9. The van der Waals surface area contributed by atoms with E-state index in [9.17, 15) is 4.79 Å². The van der Waals surface area contributed by atoms with Crippen molar-refractivity contribution < 1.29 is 9.53 Å². The van der Waals surface area contributed by atoms with Gasteiger partial charge in [0.25, 0.3) is 5.91 Å². The van der Waals surface area contributed by atoms with Crippen LogP contribution in [0.15, 0.2) is 48.8 Å². The first-order valence-electron chi connectivity index (χ1n) is 6.85. The summed E-state index contributed by atoms with van der Waals surface area (Å²) in [6, 6.07) is 10.6. The number of carbonyl (C=O) groups is 1. The molecule has 1 aromatic carbocycles. The van der Waals surface area contributed by atoms with Crippen LogP contribution >= 0.6 is 24.8 Å². The standard InChI is InChI=1S/C16H19N3O2.2ClH/c1-12(9-17)10-19-16(20)13-4-6-14(7-5-13)21-15-3-2-8-18-11-15;;/h2-8,11-12H,9-10,17H2,1H3,(H,19,20);2*1H. The van der Waals surface area contributed by atoms with Gasteiger partial charge in [0.2, 0.25) is 0 Å². The van der Waals surface area contributed by atoms with Gasteiger partial charge in [0, 0.05) is 18.3 Å². The zero-order valence-corrected chi connectivity index (χ0v) is 14.4. The van der Waals surface area contributed by atoms with E-state index in [4.69, 9.17) is 10.5 Å². The first-order valence-corrected chi connectivity index (χ1v) is 6.85. The Kier molecular flexibility index (Phi) is 9.97. The minimum absolute atomic E-state index is 0. The molecule has 1 unspecified atom stereocenters. The smallest absolute Gasteiger partial charge is 0.251 e. The summed E-state index contributed by atoms with van der Waals surface area (Å²) >= 11 is 0. The van der Waals surface area contributed by atoms with Crippen molar-refractivity contribution in [3.63, 3.8) is 0 Å². The Bertz CT molecular complexity index is 580. The van der Waals surface area contributed by atoms with Crippen LogP contribution in [0.4, 0.5) is 0 Å². The van der Waals surface area contributed by atoms with E-state index in [0.29, 0.717) is 30.2 Å². The minimum Gasteiger partial charge on any atom is -0.456 e.